The van der Waals surface area contributed by atoms with Crippen LogP contribution in [0, 0.1) is 11.8 Å². The van der Waals surface area contributed by atoms with Crippen LogP contribution in [-0.4, -0.2) is 83.7 Å². The molecule has 1 N–H and O–H groups in total. The number of nitrogens with zero attached hydrogens (tertiary/aromatic N) is 3. The molecule has 1 aromatic rings. The summed E-state index contributed by atoms with van der Waals surface area (Å²) >= 11 is 1.84. The zero-order chi connectivity index (χ0) is 26.0. The Labute approximate surface area is 221 Å². The predicted octanol–water partition coefficient (Wildman–Crippen LogP) is 4.85. The zero-order valence-electron chi connectivity index (χ0n) is 21.5. The van der Waals surface area contributed by atoms with Crippen LogP contribution >= 0.6 is 11.9 Å². The van der Waals surface area contributed by atoms with E-state index in [0.29, 0.717) is 37.5 Å². The maximum atomic E-state index is 12.4. The molecule has 1 aliphatic carbocycles. The van der Waals surface area contributed by atoms with Crippen molar-refractivity contribution < 1.29 is 27.2 Å². The minimum absolute atomic E-state index is 0.114. The highest BCUT2D eigenvalue weighted by Gasteiger charge is 2.41. The van der Waals surface area contributed by atoms with Crippen LogP contribution in [0.3, 0.4) is 0 Å². The maximum absolute atomic E-state index is 12.4. The number of fused-ring (bicyclic) bond motifs is 3. The van der Waals surface area contributed by atoms with Crippen molar-refractivity contribution in [2.24, 2.45) is 11.8 Å². The SMILES string of the molecule is CSN1[C@H]2CC[C@H]1CC(NC(=O)c1cc(C3COC3)on1)C2.FC(F)(F)CCCN1CC2CCCC2C1. The van der Waals surface area contributed by atoms with Gasteiger partial charge in [-0.05, 0) is 69.6 Å². The first-order valence-corrected chi connectivity index (χ1v) is 14.9. The van der Waals surface area contributed by atoms with Crippen molar-refractivity contribution in [1.29, 1.82) is 0 Å². The van der Waals surface area contributed by atoms with Crippen molar-refractivity contribution in [3.05, 3.63) is 17.5 Å². The fraction of sp³-hybridized carbons (Fsp3) is 0.846. The molecule has 208 valence electrons. The Morgan fingerprint density at radius 1 is 1.14 bits per heavy atom. The van der Waals surface area contributed by atoms with Gasteiger partial charge in [-0.2, -0.15) is 13.2 Å². The van der Waals surface area contributed by atoms with Gasteiger partial charge in [-0.15, -0.1) is 0 Å². The second-order valence-electron chi connectivity index (χ2n) is 11.3. The molecule has 4 aliphatic heterocycles. The van der Waals surface area contributed by atoms with E-state index in [1.807, 2.05) is 11.9 Å². The highest BCUT2D eigenvalue weighted by molar-refractivity contribution is 7.96. The van der Waals surface area contributed by atoms with E-state index in [0.717, 1.165) is 43.5 Å². The summed E-state index contributed by atoms with van der Waals surface area (Å²) in [6.45, 7) is 4.04. The molecule has 2 bridgehead atoms. The molecule has 5 aliphatic rings. The van der Waals surface area contributed by atoms with Gasteiger partial charge in [0, 0.05) is 43.7 Å². The first kappa shape index (κ1) is 27.3. The van der Waals surface area contributed by atoms with Gasteiger partial charge in [-0.1, -0.05) is 23.5 Å². The number of carbonyl (C=O) groups excluding carboxylic acids is 1. The lowest BCUT2D eigenvalue weighted by molar-refractivity contribution is -0.136. The van der Waals surface area contributed by atoms with Crippen LogP contribution < -0.4 is 5.32 Å². The summed E-state index contributed by atoms with van der Waals surface area (Å²) in [5, 5.41) is 7.05. The van der Waals surface area contributed by atoms with Crippen LogP contribution in [0.4, 0.5) is 13.2 Å². The molecule has 0 aromatic carbocycles. The second kappa shape index (κ2) is 11.8. The van der Waals surface area contributed by atoms with Crippen LogP contribution in [0.2, 0.25) is 0 Å². The molecular weight excluding hydrogens is 505 g/mol. The molecule has 2 unspecified atom stereocenters. The third kappa shape index (κ3) is 6.83. The van der Waals surface area contributed by atoms with E-state index < -0.39 is 12.6 Å². The Balaban J connectivity index is 0.000000164. The Hall–Kier alpha value is -1.30. The van der Waals surface area contributed by atoms with Crippen molar-refractivity contribution >= 4 is 17.9 Å². The molecule has 4 saturated heterocycles. The molecule has 5 fully saturated rings. The Morgan fingerprint density at radius 3 is 2.38 bits per heavy atom. The first-order chi connectivity index (χ1) is 17.8. The van der Waals surface area contributed by atoms with E-state index in [4.69, 9.17) is 9.26 Å². The fourth-order valence-corrected chi connectivity index (χ4v) is 7.80. The number of amides is 1. The van der Waals surface area contributed by atoms with Gasteiger partial charge in [-0.3, -0.25) is 4.79 Å². The van der Waals surface area contributed by atoms with Gasteiger partial charge in [0.15, 0.2) is 5.69 Å². The van der Waals surface area contributed by atoms with Gasteiger partial charge >= 0.3 is 6.18 Å². The van der Waals surface area contributed by atoms with E-state index in [1.165, 1.54) is 32.1 Å². The van der Waals surface area contributed by atoms with E-state index in [2.05, 4.69) is 25.9 Å². The third-order valence-electron chi connectivity index (χ3n) is 8.75. The van der Waals surface area contributed by atoms with Crippen LogP contribution in [0.1, 0.15) is 80.0 Å². The average Bonchev–Trinajstić information content (AvgIpc) is 3.56. The van der Waals surface area contributed by atoms with Crippen LogP contribution in [-0.2, 0) is 4.74 Å². The van der Waals surface area contributed by atoms with Crippen molar-refractivity contribution in [2.45, 2.75) is 88.0 Å². The summed E-state index contributed by atoms with van der Waals surface area (Å²) in [4.78, 5) is 14.6. The summed E-state index contributed by atoms with van der Waals surface area (Å²) in [6.07, 6.45) is 6.27. The molecule has 1 saturated carbocycles. The summed E-state index contributed by atoms with van der Waals surface area (Å²) in [5.74, 6) is 2.48. The van der Waals surface area contributed by atoms with Gasteiger partial charge in [0.25, 0.3) is 5.91 Å². The van der Waals surface area contributed by atoms with Crippen molar-refractivity contribution in [2.75, 3.05) is 39.1 Å². The monoisotopic (exact) mass is 544 g/mol. The minimum Gasteiger partial charge on any atom is -0.380 e. The van der Waals surface area contributed by atoms with Crippen molar-refractivity contribution in [1.82, 2.24) is 19.7 Å². The van der Waals surface area contributed by atoms with Crippen LogP contribution in [0.25, 0.3) is 0 Å². The van der Waals surface area contributed by atoms with Crippen LogP contribution in [0.15, 0.2) is 10.6 Å². The van der Waals surface area contributed by atoms with Gasteiger partial charge < -0.3 is 19.5 Å². The number of halogens is 3. The molecule has 7 nitrogen and oxygen atoms in total. The van der Waals surface area contributed by atoms with E-state index in [9.17, 15) is 18.0 Å². The number of carbonyl (C=O) groups is 1. The fourth-order valence-electron chi connectivity index (χ4n) is 6.82. The van der Waals surface area contributed by atoms with E-state index in [-0.39, 0.29) is 24.3 Å². The quantitative estimate of drug-likeness (QED) is 0.492. The number of alkyl halides is 3. The maximum Gasteiger partial charge on any atom is 0.389 e. The topological polar surface area (TPSA) is 70.8 Å². The molecule has 11 heteroatoms. The highest BCUT2D eigenvalue weighted by atomic mass is 32.2. The standard InChI is InChI=1S/C15H21N3O3S.C11H18F3N/c1-22-18-11-2-3-12(18)5-10(4-11)16-15(19)13-6-14(21-17-13)9-7-20-8-9;12-11(13,14)5-2-6-15-7-9-3-1-4-10(9)8-15/h6,9-12H,2-5,7-8H2,1H3,(H,16,19);9-10H,1-8H2/t11-,12-;/m0./s1. The molecule has 1 aromatic heterocycles. The number of rotatable bonds is 7. The number of aromatic nitrogens is 1. The summed E-state index contributed by atoms with van der Waals surface area (Å²) in [7, 11) is 0. The Bertz CT molecular complexity index is 886. The number of ether oxygens (including phenoxy) is 1. The number of piperidine rings is 1. The van der Waals surface area contributed by atoms with Gasteiger partial charge in [-0.25, -0.2) is 4.31 Å². The Kier molecular flexibility index (Phi) is 8.73. The van der Waals surface area contributed by atoms with E-state index >= 15 is 0 Å². The van der Waals surface area contributed by atoms with Gasteiger partial charge in [0.1, 0.15) is 5.76 Å². The molecule has 37 heavy (non-hydrogen) atoms. The third-order valence-corrected chi connectivity index (χ3v) is 9.77. The minimum atomic E-state index is -3.98. The lowest BCUT2D eigenvalue weighted by Gasteiger charge is -2.37. The number of likely N-dealkylation sites (tertiary alicyclic amines) is 1. The Morgan fingerprint density at radius 2 is 1.81 bits per heavy atom. The summed E-state index contributed by atoms with van der Waals surface area (Å²) in [6, 6.07) is 3.20. The molecule has 1 amide bonds. The molecule has 4 atom stereocenters. The normalized spacial score (nSPS) is 32.1. The van der Waals surface area contributed by atoms with E-state index in [1.54, 1.807) is 6.07 Å². The smallest absolute Gasteiger partial charge is 0.380 e. The summed E-state index contributed by atoms with van der Waals surface area (Å²) in [5.41, 5.74) is 0.390. The number of nitrogens with one attached hydrogen (secondary N) is 1. The van der Waals surface area contributed by atoms with Crippen molar-refractivity contribution in [3.63, 3.8) is 0 Å². The zero-order valence-corrected chi connectivity index (χ0v) is 22.4. The lowest BCUT2D eigenvalue weighted by Crippen LogP contribution is -2.47. The van der Waals surface area contributed by atoms with Gasteiger partial charge in [0.05, 0.1) is 19.1 Å². The molecule has 0 spiro atoms. The highest BCUT2D eigenvalue weighted by Crippen LogP contribution is 2.40. The predicted molar refractivity (Wildman–Crippen MR) is 135 cm³/mol. The summed E-state index contributed by atoms with van der Waals surface area (Å²) < 4.78 is 48.7. The first-order valence-electron chi connectivity index (χ1n) is 13.8. The van der Waals surface area contributed by atoms with Gasteiger partial charge in [0.2, 0.25) is 0 Å². The van der Waals surface area contributed by atoms with Crippen molar-refractivity contribution in [3.8, 4) is 0 Å². The number of hydrogen-bond donors (Lipinski definition) is 1. The number of hydrogen-bond acceptors (Lipinski definition) is 7. The molecular formula is C26H39F3N4O3S. The molecule has 0 radical (unpaired) electrons. The average molecular weight is 545 g/mol. The molecule has 6 rings (SSSR count). The van der Waals surface area contributed by atoms with Crippen LogP contribution in [0.5, 0.6) is 0 Å². The second-order valence-corrected chi connectivity index (χ2v) is 12.1. The lowest BCUT2D eigenvalue weighted by atomic mass is 9.99. The molecule has 5 heterocycles. The largest absolute Gasteiger partial charge is 0.389 e.